The summed E-state index contributed by atoms with van der Waals surface area (Å²) in [4.78, 5) is 12.3. The molecule has 1 aliphatic rings. The third-order valence-corrected chi connectivity index (χ3v) is 9.33. The van der Waals surface area contributed by atoms with Gasteiger partial charge in [0, 0.05) is 36.6 Å². The molecule has 5 rings (SSSR count). The fraction of sp³-hybridized carbons (Fsp3) is 0.436. The number of nitrogens with one attached hydrogen (secondary N) is 1. The van der Waals surface area contributed by atoms with Gasteiger partial charge in [0.25, 0.3) is 0 Å². The van der Waals surface area contributed by atoms with Crippen LogP contribution in [-0.4, -0.2) is 23.1 Å². The summed E-state index contributed by atoms with van der Waals surface area (Å²) in [6, 6.07) is 20.1. The van der Waals surface area contributed by atoms with Crippen LogP contribution in [0.25, 0.3) is 11.0 Å². The lowest BCUT2D eigenvalue weighted by Gasteiger charge is -2.33. The monoisotopic (exact) mass is 589 g/mol. The summed E-state index contributed by atoms with van der Waals surface area (Å²) in [7, 11) is 0. The minimum absolute atomic E-state index is 0.401. The zero-order valence-electron chi connectivity index (χ0n) is 27.2. The van der Waals surface area contributed by atoms with Crippen molar-refractivity contribution in [2.24, 2.45) is 11.7 Å². The van der Waals surface area contributed by atoms with E-state index in [2.05, 4.69) is 92.2 Å². The molecule has 0 saturated carbocycles. The Morgan fingerprint density at radius 3 is 2.43 bits per heavy atom. The number of benzene rings is 3. The van der Waals surface area contributed by atoms with Crippen molar-refractivity contribution in [3.63, 3.8) is 0 Å². The SMILES string of the molecule is C=C(C)CCC1CCN(c2cnc3ccc(Nc4ccc(CCc5ccc(CC)cc5)c(CCCC)c4)c(CN)c3n2)CC1. The van der Waals surface area contributed by atoms with Crippen LogP contribution in [0.5, 0.6) is 0 Å². The number of nitrogens with zero attached hydrogens (tertiary/aromatic N) is 3. The maximum atomic E-state index is 6.38. The molecule has 2 heterocycles. The van der Waals surface area contributed by atoms with Gasteiger partial charge < -0.3 is 16.0 Å². The molecule has 3 aromatic carbocycles. The van der Waals surface area contributed by atoms with Crippen molar-refractivity contribution in [3.8, 4) is 0 Å². The number of allylic oxidation sites excluding steroid dienone is 1. The first-order valence-electron chi connectivity index (χ1n) is 16.8. The Morgan fingerprint density at radius 2 is 1.73 bits per heavy atom. The predicted molar refractivity (Wildman–Crippen MR) is 188 cm³/mol. The molecule has 3 N–H and O–H groups in total. The number of anilines is 3. The highest BCUT2D eigenvalue weighted by Crippen LogP contribution is 2.31. The lowest BCUT2D eigenvalue weighted by atomic mass is 9.91. The molecule has 5 heteroatoms. The number of aryl methyl sites for hydroxylation is 4. The topological polar surface area (TPSA) is 67.1 Å². The number of unbranched alkanes of at least 4 members (excludes halogenated alkanes) is 1. The third-order valence-electron chi connectivity index (χ3n) is 9.33. The van der Waals surface area contributed by atoms with E-state index in [0.29, 0.717) is 6.54 Å². The van der Waals surface area contributed by atoms with Gasteiger partial charge in [-0.25, -0.2) is 4.98 Å². The van der Waals surface area contributed by atoms with Gasteiger partial charge in [-0.15, -0.1) is 6.58 Å². The van der Waals surface area contributed by atoms with Crippen LogP contribution in [0.4, 0.5) is 17.2 Å². The number of piperidine rings is 1. The van der Waals surface area contributed by atoms with E-state index in [0.717, 1.165) is 84.9 Å². The first-order chi connectivity index (χ1) is 21.5. The summed E-state index contributed by atoms with van der Waals surface area (Å²) >= 11 is 0. The minimum atomic E-state index is 0.401. The Morgan fingerprint density at radius 1 is 0.955 bits per heavy atom. The van der Waals surface area contributed by atoms with E-state index >= 15 is 0 Å². The van der Waals surface area contributed by atoms with E-state index in [9.17, 15) is 0 Å². The molecule has 1 fully saturated rings. The molecule has 1 saturated heterocycles. The van der Waals surface area contributed by atoms with Crippen LogP contribution in [-0.2, 0) is 32.2 Å². The van der Waals surface area contributed by atoms with E-state index in [4.69, 9.17) is 15.7 Å². The van der Waals surface area contributed by atoms with Crippen LogP contribution in [0.15, 0.2) is 72.9 Å². The lowest BCUT2D eigenvalue weighted by molar-refractivity contribution is 0.380. The van der Waals surface area contributed by atoms with Crippen LogP contribution >= 0.6 is 0 Å². The van der Waals surface area contributed by atoms with E-state index in [1.54, 1.807) is 0 Å². The van der Waals surface area contributed by atoms with Gasteiger partial charge in [-0.1, -0.05) is 56.2 Å². The van der Waals surface area contributed by atoms with Crippen molar-refractivity contribution in [3.05, 3.63) is 101 Å². The van der Waals surface area contributed by atoms with Crippen LogP contribution in [0.2, 0.25) is 0 Å². The van der Waals surface area contributed by atoms with Crippen molar-refractivity contribution in [2.75, 3.05) is 23.3 Å². The van der Waals surface area contributed by atoms with Crippen molar-refractivity contribution in [1.82, 2.24) is 9.97 Å². The number of rotatable bonds is 14. The summed E-state index contributed by atoms with van der Waals surface area (Å²) < 4.78 is 0. The molecule has 0 atom stereocenters. The number of fused-ring (bicyclic) bond motifs is 1. The standard InChI is InChI=1S/C39H51N5/c1-5-7-8-33-25-34(18-17-32(33)16-15-30-13-11-29(6-2)12-14-30)42-36-19-20-37-39(35(36)26-40)43-38(27-41-37)44-23-21-31(22-24-44)10-9-28(3)4/h11-14,17-20,25,27,31,42H,3,5-10,15-16,21-24,26,40H2,1-2,4H3. The molecule has 0 spiro atoms. The summed E-state index contributed by atoms with van der Waals surface area (Å²) in [6.45, 7) is 13.1. The molecule has 0 aliphatic carbocycles. The molecule has 44 heavy (non-hydrogen) atoms. The molecule has 0 bridgehead atoms. The Hall–Kier alpha value is -3.70. The third kappa shape index (κ3) is 8.06. The molecule has 1 aliphatic heterocycles. The second kappa shape index (κ2) is 15.3. The maximum absolute atomic E-state index is 6.38. The van der Waals surface area contributed by atoms with Gasteiger partial charge in [-0.3, -0.25) is 4.98 Å². The molecular formula is C39H51N5. The Kier molecular flexibility index (Phi) is 11.1. The van der Waals surface area contributed by atoms with E-state index in [1.807, 2.05) is 6.20 Å². The molecule has 232 valence electrons. The summed E-state index contributed by atoms with van der Waals surface area (Å²) in [5.41, 5.74) is 18.3. The van der Waals surface area contributed by atoms with Crippen LogP contribution in [0.1, 0.15) is 87.1 Å². The molecule has 4 aromatic rings. The Bertz CT molecular complexity index is 1530. The van der Waals surface area contributed by atoms with E-state index in [1.165, 1.54) is 59.9 Å². The number of nitrogens with two attached hydrogens (primary N) is 1. The molecule has 1 aromatic heterocycles. The highest BCUT2D eigenvalue weighted by molar-refractivity contribution is 5.86. The van der Waals surface area contributed by atoms with Gasteiger partial charge in [0.05, 0.1) is 17.2 Å². The zero-order chi connectivity index (χ0) is 30.9. The fourth-order valence-corrected chi connectivity index (χ4v) is 6.42. The average Bonchev–Trinajstić information content (AvgIpc) is 3.06. The molecule has 0 amide bonds. The molecule has 0 unspecified atom stereocenters. The smallest absolute Gasteiger partial charge is 0.147 e. The lowest BCUT2D eigenvalue weighted by Crippen LogP contribution is -2.34. The van der Waals surface area contributed by atoms with Gasteiger partial charge in [0.1, 0.15) is 5.82 Å². The second-order valence-corrected chi connectivity index (χ2v) is 12.7. The van der Waals surface area contributed by atoms with Gasteiger partial charge in [-0.2, -0.15) is 0 Å². The largest absolute Gasteiger partial charge is 0.355 e. The molecular weight excluding hydrogens is 538 g/mol. The van der Waals surface area contributed by atoms with Gasteiger partial charge in [-0.05, 0) is 117 Å². The number of hydrogen-bond acceptors (Lipinski definition) is 5. The van der Waals surface area contributed by atoms with Crippen LogP contribution in [0.3, 0.4) is 0 Å². The summed E-state index contributed by atoms with van der Waals surface area (Å²) in [5, 5.41) is 3.71. The highest BCUT2D eigenvalue weighted by atomic mass is 15.2. The summed E-state index contributed by atoms with van der Waals surface area (Å²) in [6.07, 6.45) is 13.4. The number of aromatic nitrogens is 2. The average molecular weight is 590 g/mol. The quantitative estimate of drug-likeness (QED) is 0.144. The summed E-state index contributed by atoms with van der Waals surface area (Å²) in [5.74, 6) is 1.73. The Labute approximate surface area is 265 Å². The zero-order valence-corrected chi connectivity index (χ0v) is 27.2. The minimum Gasteiger partial charge on any atom is -0.355 e. The van der Waals surface area contributed by atoms with Gasteiger partial charge in [0.2, 0.25) is 0 Å². The van der Waals surface area contributed by atoms with E-state index < -0.39 is 0 Å². The second-order valence-electron chi connectivity index (χ2n) is 12.7. The first kappa shape index (κ1) is 31.7. The number of hydrogen-bond donors (Lipinski definition) is 2. The van der Waals surface area contributed by atoms with Gasteiger partial charge >= 0.3 is 0 Å². The maximum Gasteiger partial charge on any atom is 0.147 e. The molecule has 0 radical (unpaired) electrons. The highest BCUT2D eigenvalue weighted by Gasteiger charge is 2.21. The van der Waals surface area contributed by atoms with Crippen LogP contribution in [0, 0.1) is 5.92 Å². The van der Waals surface area contributed by atoms with Crippen molar-refractivity contribution in [1.29, 1.82) is 0 Å². The van der Waals surface area contributed by atoms with Crippen molar-refractivity contribution >= 4 is 28.2 Å². The fourth-order valence-electron chi connectivity index (χ4n) is 6.42. The predicted octanol–water partition coefficient (Wildman–Crippen LogP) is 9.10. The van der Waals surface area contributed by atoms with Crippen molar-refractivity contribution < 1.29 is 0 Å². The first-order valence-corrected chi connectivity index (χ1v) is 16.8. The normalized spacial score (nSPS) is 13.9. The Balaban J connectivity index is 1.33. The van der Waals surface area contributed by atoms with Crippen LogP contribution < -0.4 is 16.0 Å². The van der Waals surface area contributed by atoms with E-state index in [-0.39, 0.29) is 0 Å². The molecule has 5 nitrogen and oxygen atoms in total. The van der Waals surface area contributed by atoms with Crippen molar-refractivity contribution in [2.45, 2.75) is 91.5 Å². The van der Waals surface area contributed by atoms with Gasteiger partial charge in [0.15, 0.2) is 0 Å².